The molecule has 2 N–H and O–H groups in total. The summed E-state index contributed by atoms with van der Waals surface area (Å²) in [5.41, 5.74) is -0.384. The molecule has 0 amide bonds. The van der Waals surface area contributed by atoms with E-state index in [1.807, 2.05) is 0 Å². The Bertz CT molecular complexity index is 245. The molecule has 0 heterocycles. The Morgan fingerprint density at radius 2 is 1.89 bits per heavy atom. The van der Waals surface area contributed by atoms with Crippen LogP contribution < -0.4 is 5.32 Å². The average molecular weight is 253 g/mol. The van der Waals surface area contributed by atoms with Gasteiger partial charge in [-0.3, -0.25) is 0 Å². The van der Waals surface area contributed by atoms with Gasteiger partial charge in [-0.1, -0.05) is 39.5 Å². The summed E-state index contributed by atoms with van der Waals surface area (Å²) in [6.07, 6.45) is 11.2. The van der Waals surface area contributed by atoms with Crippen molar-refractivity contribution in [2.45, 2.75) is 83.3 Å². The molecule has 0 saturated heterocycles. The molecule has 0 bridgehead atoms. The first-order chi connectivity index (χ1) is 8.57. The number of rotatable bonds is 5. The van der Waals surface area contributed by atoms with Gasteiger partial charge >= 0.3 is 0 Å². The topological polar surface area (TPSA) is 32.3 Å². The van der Waals surface area contributed by atoms with Crippen LogP contribution in [-0.2, 0) is 0 Å². The van der Waals surface area contributed by atoms with E-state index in [4.69, 9.17) is 0 Å². The second-order valence-corrected chi connectivity index (χ2v) is 7.17. The first kappa shape index (κ1) is 14.3. The summed E-state index contributed by atoms with van der Waals surface area (Å²) in [7, 11) is 0. The second-order valence-electron chi connectivity index (χ2n) is 7.17. The molecule has 2 aliphatic rings. The molecule has 2 heteroatoms. The largest absolute Gasteiger partial charge is 0.389 e. The summed E-state index contributed by atoms with van der Waals surface area (Å²) >= 11 is 0. The van der Waals surface area contributed by atoms with E-state index in [0.717, 1.165) is 31.2 Å². The molecule has 0 aromatic heterocycles. The molecule has 2 fully saturated rings. The molecule has 2 rings (SSSR count). The average Bonchev–Trinajstić information content (AvgIpc) is 2.74. The van der Waals surface area contributed by atoms with Crippen LogP contribution in [0.3, 0.4) is 0 Å². The normalized spacial score (nSPS) is 32.0. The first-order valence-electron chi connectivity index (χ1n) is 8.03. The third-order valence-corrected chi connectivity index (χ3v) is 4.84. The zero-order valence-corrected chi connectivity index (χ0v) is 12.3. The van der Waals surface area contributed by atoms with E-state index in [-0.39, 0.29) is 5.60 Å². The molecule has 2 aliphatic carbocycles. The summed E-state index contributed by atoms with van der Waals surface area (Å²) in [4.78, 5) is 0. The minimum Gasteiger partial charge on any atom is -0.389 e. The van der Waals surface area contributed by atoms with Crippen LogP contribution in [0.1, 0.15) is 71.6 Å². The third-order valence-electron chi connectivity index (χ3n) is 4.84. The zero-order chi connectivity index (χ0) is 13.0. The Morgan fingerprint density at radius 3 is 2.56 bits per heavy atom. The fraction of sp³-hybridized carbons (Fsp3) is 1.00. The highest BCUT2D eigenvalue weighted by Gasteiger charge is 2.32. The second kappa shape index (κ2) is 6.38. The van der Waals surface area contributed by atoms with Crippen molar-refractivity contribution in [1.82, 2.24) is 5.32 Å². The Balaban J connectivity index is 1.72. The van der Waals surface area contributed by atoms with E-state index in [0.29, 0.717) is 6.04 Å². The van der Waals surface area contributed by atoms with E-state index in [9.17, 15) is 5.11 Å². The standard InChI is InChI=1S/C16H31NO/c1-13(2)10-14-6-5-7-15(11-14)17-12-16(18)8-3-4-9-16/h13-15,17-18H,3-12H2,1-2H3. The monoisotopic (exact) mass is 253 g/mol. The number of aliphatic hydroxyl groups is 1. The maximum atomic E-state index is 10.4. The SMILES string of the molecule is CC(C)CC1CCCC(NCC2(O)CCCC2)C1. The predicted octanol–water partition coefficient (Wildman–Crippen LogP) is 3.49. The van der Waals surface area contributed by atoms with Crippen LogP contribution in [0.5, 0.6) is 0 Å². The van der Waals surface area contributed by atoms with Crippen LogP contribution in [0.2, 0.25) is 0 Å². The Morgan fingerprint density at radius 1 is 1.17 bits per heavy atom. The zero-order valence-electron chi connectivity index (χ0n) is 12.3. The van der Waals surface area contributed by atoms with Crippen molar-refractivity contribution < 1.29 is 5.11 Å². The van der Waals surface area contributed by atoms with Gasteiger partial charge < -0.3 is 10.4 Å². The van der Waals surface area contributed by atoms with Crippen molar-refractivity contribution in [3.05, 3.63) is 0 Å². The fourth-order valence-corrected chi connectivity index (χ4v) is 3.90. The van der Waals surface area contributed by atoms with Gasteiger partial charge in [0.15, 0.2) is 0 Å². The highest BCUT2D eigenvalue weighted by molar-refractivity contribution is 4.88. The van der Waals surface area contributed by atoms with Gasteiger partial charge in [0, 0.05) is 12.6 Å². The predicted molar refractivity (Wildman–Crippen MR) is 76.6 cm³/mol. The molecule has 0 spiro atoms. The molecule has 2 nitrogen and oxygen atoms in total. The van der Waals surface area contributed by atoms with E-state index >= 15 is 0 Å². The fourth-order valence-electron chi connectivity index (χ4n) is 3.90. The maximum absolute atomic E-state index is 10.4. The van der Waals surface area contributed by atoms with Crippen molar-refractivity contribution in [3.8, 4) is 0 Å². The Labute approximate surface area is 113 Å². The Hall–Kier alpha value is -0.0800. The molecule has 2 unspecified atom stereocenters. The lowest BCUT2D eigenvalue weighted by atomic mass is 9.81. The summed E-state index contributed by atoms with van der Waals surface area (Å²) in [6.45, 7) is 5.49. The van der Waals surface area contributed by atoms with Gasteiger partial charge in [-0.05, 0) is 43.9 Å². The van der Waals surface area contributed by atoms with Crippen molar-refractivity contribution >= 4 is 0 Å². The van der Waals surface area contributed by atoms with E-state index in [1.165, 1.54) is 44.9 Å². The summed E-state index contributed by atoms with van der Waals surface area (Å²) < 4.78 is 0. The molecule has 2 atom stereocenters. The summed E-state index contributed by atoms with van der Waals surface area (Å²) in [5, 5.41) is 14.0. The van der Waals surface area contributed by atoms with Gasteiger partial charge in [-0.2, -0.15) is 0 Å². The van der Waals surface area contributed by atoms with Crippen molar-refractivity contribution in [1.29, 1.82) is 0 Å². The van der Waals surface area contributed by atoms with Gasteiger partial charge in [0.25, 0.3) is 0 Å². The molecule has 0 aromatic carbocycles. The molecule has 18 heavy (non-hydrogen) atoms. The maximum Gasteiger partial charge on any atom is 0.0771 e. The van der Waals surface area contributed by atoms with Crippen LogP contribution >= 0.6 is 0 Å². The Kier molecular flexibility index (Phi) is 5.08. The lowest BCUT2D eigenvalue weighted by Crippen LogP contribution is -2.44. The molecule has 2 saturated carbocycles. The van der Waals surface area contributed by atoms with Crippen LogP contribution in [0, 0.1) is 11.8 Å². The van der Waals surface area contributed by atoms with Crippen molar-refractivity contribution in [2.75, 3.05) is 6.54 Å². The summed E-state index contributed by atoms with van der Waals surface area (Å²) in [6, 6.07) is 0.659. The van der Waals surface area contributed by atoms with Crippen LogP contribution in [0.4, 0.5) is 0 Å². The smallest absolute Gasteiger partial charge is 0.0771 e. The van der Waals surface area contributed by atoms with E-state index in [1.54, 1.807) is 0 Å². The first-order valence-corrected chi connectivity index (χ1v) is 8.03. The van der Waals surface area contributed by atoms with Crippen LogP contribution in [0.25, 0.3) is 0 Å². The highest BCUT2D eigenvalue weighted by Crippen LogP contribution is 2.31. The number of nitrogens with one attached hydrogen (secondary N) is 1. The molecule has 0 radical (unpaired) electrons. The van der Waals surface area contributed by atoms with Gasteiger partial charge in [-0.25, -0.2) is 0 Å². The number of hydrogen-bond acceptors (Lipinski definition) is 2. The summed E-state index contributed by atoms with van der Waals surface area (Å²) in [5.74, 6) is 1.74. The van der Waals surface area contributed by atoms with Gasteiger partial charge in [0.1, 0.15) is 0 Å². The molecule has 0 aliphatic heterocycles. The van der Waals surface area contributed by atoms with Gasteiger partial charge in [0.05, 0.1) is 5.60 Å². The van der Waals surface area contributed by atoms with E-state index < -0.39 is 0 Å². The van der Waals surface area contributed by atoms with Crippen molar-refractivity contribution in [3.63, 3.8) is 0 Å². The molecule has 0 aromatic rings. The van der Waals surface area contributed by atoms with E-state index in [2.05, 4.69) is 19.2 Å². The molecular formula is C16H31NO. The highest BCUT2D eigenvalue weighted by atomic mass is 16.3. The van der Waals surface area contributed by atoms with Crippen LogP contribution in [0.15, 0.2) is 0 Å². The lowest BCUT2D eigenvalue weighted by Gasteiger charge is -2.33. The van der Waals surface area contributed by atoms with Crippen LogP contribution in [-0.4, -0.2) is 23.3 Å². The van der Waals surface area contributed by atoms with Gasteiger partial charge in [-0.15, -0.1) is 0 Å². The molecule has 106 valence electrons. The van der Waals surface area contributed by atoms with Gasteiger partial charge in [0.2, 0.25) is 0 Å². The minimum atomic E-state index is -0.384. The third kappa shape index (κ3) is 4.24. The lowest BCUT2D eigenvalue weighted by molar-refractivity contribution is 0.0420. The number of hydrogen-bond donors (Lipinski definition) is 2. The quantitative estimate of drug-likeness (QED) is 0.786. The minimum absolute atomic E-state index is 0.384. The van der Waals surface area contributed by atoms with Crippen molar-refractivity contribution in [2.24, 2.45) is 11.8 Å². The molecular weight excluding hydrogens is 222 g/mol.